The molecule has 0 nitrogen and oxygen atoms in total. The van der Waals surface area contributed by atoms with E-state index in [1.54, 1.807) is 158 Å². The summed E-state index contributed by atoms with van der Waals surface area (Å²) in [7, 11) is 0. The van der Waals surface area contributed by atoms with Gasteiger partial charge in [0, 0.05) is 17.3 Å². The van der Waals surface area contributed by atoms with E-state index in [4.69, 9.17) is 0 Å². The number of fused-ring (bicyclic) bond motifs is 1. The van der Waals surface area contributed by atoms with Crippen LogP contribution in [0.25, 0.3) is 108 Å². The maximum absolute atomic E-state index is 2.77. The highest BCUT2D eigenvalue weighted by Gasteiger charge is 2.71. The lowest BCUT2D eigenvalue weighted by Crippen LogP contribution is -2.13. The number of hydrogen-bond acceptors (Lipinski definition) is 0. The van der Waals surface area contributed by atoms with Crippen molar-refractivity contribution in [2.45, 2.75) is 68.6 Å². The second-order valence-corrected chi connectivity index (χ2v) is 19.5. The summed E-state index contributed by atoms with van der Waals surface area (Å²) >= 11 is 0. The van der Waals surface area contributed by atoms with E-state index in [9.17, 15) is 0 Å². The lowest BCUT2D eigenvalue weighted by Gasteiger charge is -2.22. The molecule has 0 N–H and O–H groups in total. The Hall–Kier alpha value is -5.72. The van der Waals surface area contributed by atoms with Crippen LogP contribution in [0.3, 0.4) is 0 Å². The summed E-state index contributed by atoms with van der Waals surface area (Å²) in [6.07, 6.45) is 4.77. The first-order chi connectivity index (χ1) is 27.1. The number of hydrogen-bond donors (Lipinski definition) is 0. The van der Waals surface area contributed by atoms with Crippen molar-refractivity contribution in [3.63, 3.8) is 0 Å². The second-order valence-electron chi connectivity index (χ2n) is 19.5. The van der Waals surface area contributed by atoms with Crippen LogP contribution in [0.1, 0.15) is 93.2 Å². The van der Waals surface area contributed by atoms with Gasteiger partial charge in [-0.25, -0.2) is 0 Å². The summed E-state index contributed by atoms with van der Waals surface area (Å²) in [5.41, 5.74) is 16.6. The Morgan fingerprint density at radius 3 is 1.80 bits per heavy atom. The lowest BCUT2D eigenvalue weighted by atomic mass is 9.80. The van der Waals surface area contributed by atoms with Gasteiger partial charge in [0.1, 0.15) is 0 Å². The molecule has 1 saturated carbocycles. The zero-order chi connectivity index (χ0) is 34.9. The lowest BCUT2D eigenvalue weighted by molar-refractivity contribution is 0.676. The van der Waals surface area contributed by atoms with Crippen molar-refractivity contribution in [3.05, 3.63) is 141 Å². The zero-order valence-electron chi connectivity index (χ0n) is 30.7. The molecule has 6 aliphatic carbocycles. The molecule has 6 aliphatic rings. The third kappa shape index (κ3) is 2.23. The normalized spacial score (nSPS) is 23.6. The molecular formula is C55H32. The van der Waals surface area contributed by atoms with Gasteiger partial charge in [0.15, 0.2) is 0 Å². The predicted octanol–water partition coefficient (Wildman–Crippen LogP) is 13.9. The van der Waals surface area contributed by atoms with E-state index in [-0.39, 0.29) is 5.41 Å². The quantitative estimate of drug-likeness (QED) is 0.158. The Kier molecular flexibility index (Phi) is 3.55. The van der Waals surface area contributed by atoms with Crippen LogP contribution in [-0.4, -0.2) is 0 Å². The van der Waals surface area contributed by atoms with E-state index < -0.39 is 0 Å². The van der Waals surface area contributed by atoms with Crippen molar-refractivity contribution in [1.29, 1.82) is 0 Å². The molecule has 0 amide bonds. The molecule has 1 spiro atoms. The Balaban J connectivity index is 0.000000273. The van der Waals surface area contributed by atoms with E-state index in [0.29, 0.717) is 23.7 Å². The molecule has 0 heterocycles. The standard InChI is InChI=1S/C46H20.C9H12/c1-2-4-14(5-3-1)43-44-22-12-20-10-17-8-18-7-15-6-16-9-19-11-21-13-46(43,44)45-29(21)34-28(19)33-24(16)23(15)31-27(18)32-25(17)26(20)35-30(22)42(45)41-39(34)37(33)36(31)38(32)40(35)41;1-8(2)9-6-4-3-5-7-9/h1-5,8-9,11-12,15,43-44H,6-7,10,13H2;3-8H,1-2H3. The Morgan fingerprint density at radius 1 is 0.473 bits per heavy atom. The van der Waals surface area contributed by atoms with Crippen molar-refractivity contribution in [2.75, 3.05) is 0 Å². The minimum atomic E-state index is 0.195. The first-order valence-corrected chi connectivity index (χ1v) is 21.0. The number of rotatable bonds is 2. The van der Waals surface area contributed by atoms with Gasteiger partial charge < -0.3 is 0 Å². The molecule has 0 aromatic heterocycles. The first-order valence-electron chi connectivity index (χ1n) is 21.0. The van der Waals surface area contributed by atoms with Gasteiger partial charge in [-0.1, -0.05) is 98.8 Å². The Morgan fingerprint density at radius 2 is 1.05 bits per heavy atom. The molecule has 252 valence electrons. The fourth-order valence-corrected chi connectivity index (χ4v) is 15.9. The van der Waals surface area contributed by atoms with Gasteiger partial charge in [0.05, 0.1) is 0 Å². The smallest absolute Gasteiger partial charge is 0.0156 e. The molecule has 0 saturated heterocycles. The Labute approximate surface area is 315 Å². The topological polar surface area (TPSA) is 0 Å². The summed E-state index contributed by atoms with van der Waals surface area (Å²) in [5.74, 6) is 2.44. The zero-order valence-corrected chi connectivity index (χ0v) is 30.7. The van der Waals surface area contributed by atoms with E-state index in [0.717, 1.165) is 6.42 Å². The summed E-state index contributed by atoms with van der Waals surface area (Å²) < 4.78 is 0. The van der Waals surface area contributed by atoms with Gasteiger partial charge in [-0.05, 0) is 201 Å². The van der Waals surface area contributed by atoms with Crippen molar-refractivity contribution in [3.8, 4) is 0 Å². The van der Waals surface area contributed by atoms with Crippen molar-refractivity contribution < 1.29 is 0 Å². The van der Waals surface area contributed by atoms with Crippen LogP contribution in [0.4, 0.5) is 0 Å². The van der Waals surface area contributed by atoms with Crippen molar-refractivity contribution in [1.82, 2.24) is 0 Å². The van der Waals surface area contributed by atoms with E-state index in [1.807, 2.05) is 6.07 Å². The average Bonchev–Trinajstić information content (AvgIpc) is 3.83. The van der Waals surface area contributed by atoms with Gasteiger partial charge >= 0.3 is 0 Å². The average molecular weight is 693 g/mol. The fraction of sp³-hybridized carbons (Fsp3) is 0.200. The van der Waals surface area contributed by atoms with E-state index in [1.165, 1.54) is 24.8 Å². The van der Waals surface area contributed by atoms with Crippen molar-refractivity contribution >= 4 is 108 Å². The molecular weight excluding hydrogens is 661 g/mol. The van der Waals surface area contributed by atoms with E-state index >= 15 is 0 Å². The van der Waals surface area contributed by atoms with Crippen LogP contribution in [0.5, 0.6) is 0 Å². The second kappa shape index (κ2) is 7.46. The van der Waals surface area contributed by atoms with E-state index in [2.05, 4.69) is 92.7 Å². The van der Waals surface area contributed by atoms with Crippen LogP contribution in [0, 0.1) is 0 Å². The van der Waals surface area contributed by atoms with Crippen LogP contribution in [-0.2, 0) is 31.1 Å². The SMILES string of the molecule is CC(C)c1ccccc1.c1ccc(C2C3c4cc5c6c7c(cc8c9c%10c%11c%12c(cc%13cc%14c%15c(c%16c4c6c4c%16c6c%15c%13c%12c6c%10c4c79)C23C%14)CC%11C8)C5)cc1. The highest BCUT2D eigenvalue weighted by atomic mass is 14.7. The molecule has 19 rings (SSSR count). The molecule has 0 radical (unpaired) electrons. The van der Waals surface area contributed by atoms with Crippen LogP contribution in [0.2, 0.25) is 0 Å². The molecule has 1 fully saturated rings. The molecule has 4 atom stereocenters. The molecule has 13 aromatic rings. The summed E-state index contributed by atoms with van der Waals surface area (Å²) in [6, 6.07) is 33.1. The van der Waals surface area contributed by atoms with Crippen LogP contribution in [0.15, 0.2) is 84.9 Å². The molecule has 13 aromatic carbocycles. The van der Waals surface area contributed by atoms with Crippen molar-refractivity contribution in [2.24, 2.45) is 0 Å². The third-order valence-corrected chi connectivity index (χ3v) is 17.3. The minimum Gasteiger partial charge on any atom is -0.0622 e. The van der Waals surface area contributed by atoms with Gasteiger partial charge in [-0.15, -0.1) is 0 Å². The third-order valence-electron chi connectivity index (χ3n) is 17.3. The molecule has 0 aliphatic heterocycles. The maximum atomic E-state index is 2.77. The highest BCUT2D eigenvalue weighted by molar-refractivity contribution is 6.63. The monoisotopic (exact) mass is 692 g/mol. The van der Waals surface area contributed by atoms with Gasteiger partial charge in [0.25, 0.3) is 0 Å². The van der Waals surface area contributed by atoms with Gasteiger partial charge in [0.2, 0.25) is 0 Å². The maximum Gasteiger partial charge on any atom is 0.0156 e. The largest absolute Gasteiger partial charge is 0.0622 e. The summed E-state index contributed by atoms with van der Waals surface area (Å²) in [6.45, 7) is 4.41. The minimum absolute atomic E-state index is 0.195. The predicted molar refractivity (Wildman–Crippen MR) is 231 cm³/mol. The van der Waals surface area contributed by atoms with Gasteiger partial charge in [-0.3, -0.25) is 0 Å². The molecule has 0 bridgehead atoms. The Bertz CT molecular complexity index is 3950. The summed E-state index contributed by atoms with van der Waals surface area (Å²) in [5, 5.41) is 33.3. The number of benzene rings is 10. The molecule has 55 heavy (non-hydrogen) atoms. The highest BCUT2D eigenvalue weighted by Crippen LogP contribution is 2.81. The fourth-order valence-electron chi connectivity index (χ4n) is 15.9. The van der Waals surface area contributed by atoms with Crippen LogP contribution < -0.4 is 0 Å². The summed E-state index contributed by atoms with van der Waals surface area (Å²) in [4.78, 5) is 0. The van der Waals surface area contributed by atoms with Crippen LogP contribution >= 0.6 is 0 Å². The molecule has 0 heteroatoms. The van der Waals surface area contributed by atoms with Gasteiger partial charge in [-0.2, -0.15) is 0 Å². The first kappa shape index (κ1) is 26.1. The molecule has 4 unspecified atom stereocenters.